The largest absolute Gasteiger partial charge is 0.380 e. The third-order valence-corrected chi connectivity index (χ3v) is 2.89. The second kappa shape index (κ2) is 4.14. The molecule has 86 valence electrons. The SMILES string of the molecule is COC(C)Cn1c(=O)n(C)c2ccccc21. The van der Waals surface area contributed by atoms with Gasteiger partial charge in [-0.2, -0.15) is 0 Å². The highest BCUT2D eigenvalue weighted by Crippen LogP contribution is 2.12. The zero-order valence-corrected chi connectivity index (χ0v) is 9.80. The molecule has 0 aliphatic carbocycles. The predicted molar refractivity (Wildman–Crippen MR) is 63.7 cm³/mol. The fraction of sp³-hybridized carbons (Fsp3) is 0.417. The first-order chi connectivity index (χ1) is 7.65. The van der Waals surface area contributed by atoms with E-state index in [9.17, 15) is 4.79 Å². The summed E-state index contributed by atoms with van der Waals surface area (Å²) in [4.78, 5) is 12.0. The molecule has 0 amide bonds. The van der Waals surface area contributed by atoms with Crippen LogP contribution in [-0.2, 0) is 18.3 Å². The van der Waals surface area contributed by atoms with Crippen molar-refractivity contribution in [2.24, 2.45) is 7.05 Å². The molecule has 0 aliphatic rings. The van der Waals surface area contributed by atoms with Crippen molar-refractivity contribution in [3.8, 4) is 0 Å². The van der Waals surface area contributed by atoms with E-state index in [1.165, 1.54) is 0 Å². The maximum Gasteiger partial charge on any atom is 0.328 e. The van der Waals surface area contributed by atoms with Crippen molar-refractivity contribution in [1.29, 1.82) is 0 Å². The van der Waals surface area contributed by atoms with Gasteiger partial charge in [-0.3, -0.25) is 9.13 Å². The molecule has 0 N–H and O–H groups in total. The summed E-state index contributed by atoms with van der Waals surface area (Å²) in [6.07, 6.45) is 0.0310. The Bertz CT molecular complexity index is 554. The Kier molecular flexibility index (Phi) is 2.83. The highest BCUT2D eigenvalue weighted by molar-refractivity contribution is 5.75. The maximum atomic E-state index is 12.0. The van der Waals surface area contributed by atoms with Crippen molar-refractivity contribution in [3.63, 3.8) is 0 Å². The molecule has 1 heterocycles. The number of ether oxygens (including phenoxy) is 1. The highest BCUT2D eigenvalue weighted by atomic mass is 16.5. The molecule has 1 unspecified atom stereocenters. The lowest BCUT2D eigenvalue weighted by atomic mass is 10.3. The number of aromatic nitrogens is 2. The first-order valence-corrected chi connectivity index (χ1v) is 5.32. The van der Waals surface area contributed by atoms with E-state index in [1.54, 1.807) is 23.3 Å². The fourth-order valence-corrected chi connectivity index (χ4v) is 1.87. The van der Waals surface area contributed by atoms with Crippen LogP contribution < -0.4 is 5.69 Å². The quantitative estimate of drug-likeness (QED) is 0.783. The summed E-state index contributed by atoms with van der Waals surface area (Å²) in [5.74, 6) is 0. The van der Waals surface area contributed by atoms with Crippen molar-refractivity contribution in [1.82, 2.24) is 9.13 Å². The maximum absolute atomic E-state index is 12.0. The van der Waals surface area contributed by atoms with Crippen molar-refractivity contribution >= 4 is 11.0 Å². The number of para-hydroxylation sites is 2. The minimum atomic E-state index is 0.00472. The van der Waals surface area contributed by atoms with Gasteiger partial charge in [-0.05, 0) is 19.1 Å². The van der Waals surface area contributed by atoms with E-state index in [1.807, 2.05) is 31.2 Å². The monoisotopic (exact) mass is 220 g/mol. The normalized spacial score (nSPS) is 13.2. The first kappa shape index (κ1) is 11.0. The Balaban J connectivity index is 2.60. The molecule has 2 rings (SSSR count). The number of rotatable bonds is 3. The molecule has 0 spiro atoms. The average Bonchev–Trinajstić information content (AvgIpc) is 2.55. The van der Waals surface area contributed by atoms with Crippen LogP contribution in [0.4, 0.5) is 0 Å². The minimum Gasteiger partial charge on any atom is -0.380 e. The van der Waals surface area contributed by atoms with Crippen molar-refractivity contribution in [2.75, 3.05) is 7.11 Å². The number of hydrogen-bond acceptors (Lipinski definition) is 2. The molecular formula is C12H16N2O2. The van der Waals surface area contributed by atoms with Crippen LogP contribution in [0.2, 0.25) is 0 Å². The van der Waals surface area contributed by atoms with Crippen molar-refractivity contribution in [2.45, 2.75) is 19.6 Å². The van der Waals surface area contributed by atoms with Gasteiger partial charge in [-0.25, -0.2) is 4.79 Å². The lowest BCUT2D eigenvalue weighted by molar-refractivity contribution is 0.103. The van der Waals surface area contributed by atoms with Crippen LogP contribution in [0.1, 0.15) is 6.92 Å². The Morgan fingerprint density at radius 3 is 2.56 bits per heavy atom. The lowest BCUT2D eigenvalue weighted by Crippen LogP contribution is -2.27. The fourth-order valence-electron chi connectivity index (χ4n) is 1.87. The minimum absolute atomic E-state index is 0.00472. The Morgan fingerprint density at radius 1 is 1.31 bits per heavy atom. The summed E-state index contributed by atoms with van der Waals surface area (Å²) in [6.45, 7) is 2.53. The molecule has 0 saturated carbocycles. The summed E-state index contributed by atoms with van der Waals surface area (Å²) in [5, 5.41) is 0. The molecule has 4 nitrogen and oxygen atoms in total. The molecule has 0 bridgehead atoms. The van der Waals surface area contributed by atoms with E-state index in [0.29, 0.717) is 6.54 Å². The standard InChI is InChI=1S/C12H16N2O2/c1-9(16-3)8-14-11-7-5-4-6-10(11)13(2)12(14)15/h4-7,9H,8H2,1-3H3. The smallest absolute Gasteiger partial charge is 0.328 e. The molecule has 1 aromatic carbocycles. The summed E-state index contributed by atoms with van der Waals surface area (Å²) in [7, 11) is 3.44. The van der Waals surface area contributed by atoms with E-state index in [2.05, 4.69) is 0 Å². The number of hydrogen-bond donors (Lipinski definition) is 0. The summed E-state index contributed by atoms with van der Waals surface area (Å²) in [6, 6.07) is 7.78. The van der Waals surface area contributed by atoms with E-state index in [-0.39, 0.29) is 11.8 Å². The van der Waals surface area contributed by atoms with E-state index < -0.39 is 0 Å². The van der Waals surface area contributed by atoms with Crippen LogP contribution in [0.15, 0.2) is 29.1 Å². The van der Waals surface area contributed by atoms with Crippen molar-refractivity contribution < 1.29 is 4.74 Å². The van der Waals surface area contributed by atoms with Crippen LogP contribution in [0.3, 0.4) is 0 Å². The van der Waals surface area contributed by atoms with Gasteiger partial charge in [-0.15, -0.1) is 0 Å². The number of imidazole rings is 1. The van der Waals surface area contributed by atoms with Gasteiger partial charge in [0.1, 0.15) is 0 Å². The van der Waals surface area contributed by atoms with Gasteiger partial charge in [-0.1, -0.05) is 12.1 Å². The average molecular weight is 220 g/mol. The second-order valence-electron chi connectivity index (χ2n) is 3.99. The number of nitrogens with zero attached hydrogens (tertiary/aromatic N) is 2. The lowest BCUT2D eigenvalue weighted by Gasteiger charge is -2.09. The van der Waals surface area contributed by atoms with E-state index >= 15 is 0 Å². The number of benzene rings is 1. The Hall–Kier alpha value is -1.55. The molecule has 4 heteroatoms. The zero-order chi connectivity index (χ0) is 11.7. The number of fused-ring (bicyclic) bond motifs is 1. The van der Waals surface area contributed by atoms with Gasteiger partial charge in [0.25, 0.3) is 0 Å². The number of aryl methyl sites for hydroxylation is 1. The van der Waals surface area contributed by atoms with Gasteiger partial charge in [0.15, 0.2) is 0 Å². The first-order valence-electron chi connectivity index (χ1n) is 5.32. The Labute approximate surface area is 94.1 Å². The van der Waals surface area contributed by atoms with Gasteiger partial charge >= 0.3 is 5.69 Å². The van der Waals surface area contributed by atoms with Gasteiger partial charge in [0, 0.05) is 14.2 Å². The molecule has 2 aromatic rings. The third-order valence-electron chi connectivity index (χ3n) is 2.89. The van der Waals surface area contributed by atoms with E-state index in [0.717, 1.165) is 11.0 Å². The molecule has 0 radical (unpaired) electrons. The summed E-state index contributed by atoms with van der Waals surface area (Å²) >= 11 is 0. The van der Waals surface area contributed by atoms with Crippen LogP contribution >= 0.6 is 0 Å². The van der Waals surface area contributed by atoms with Gasteiger partial charge in [0.05, 0.1) is 23.7 Å². The van der Waals surface area contributed by atoms with Crippen LogP contribution in [0.5, 0.6) is 0 Å². The van der Waals surface area contributed by atoms with Crippen molar-refractivity contribution in [3.05, 3.63) is 34.7 Å². The molecule has 1 aromatic heterocycles. The second-order valence-corrected chi connectivity index (χ2v) is 3.99. The van der Waals surface area contributed by atoms with Crippen LogP contribution in [0, 0.1) is 0 Å². The van der Waals surface area contributed by atoms with Gasteiger partial charge in [0.2, 0.25) is 0 Å². The molecule has 1 atom stereocenters. The molecular weight excluding hydrogens is 204 g/mol. The third kappa shape index (κ3) is 1.65. The van der Waals surface area contributed by atoms with Crippen LogP contribution in [0.25, 0.3) is 11.0 Å². The van der Waals surface area contributed by atoms with Gasteiger partial charge < -0.3 is 4.74 Å². The number of methoxy groups -OCH3 is 1. The molecule has 0 fully saturated rings. The molecule has 0 aliphatic heterocycles. The van der Waals surface area contributed by atoms with Crippen LogP contribution in [-0.4, -0.2) is 22.3 Å². The molecule has 0 saturated heterocycles. The highest BCUT2D eigenvalue weighted by Gasteiger charge is 2.11. The molecule has 16 heavy (non-hydrogen) atoms. The summed E-state index contributed by atoms with van der Waals surface area (Å²) in [5.41, 5.74) is 1.92. The topological polar surface area (TPSA) is 36.2 Å². The van der Waals surface area contributed by atoms with E-state index in [4.69, 9.17) is 4.74 Å². The zero-order valence-electron chi connectivity index (χ0n) is 9.80. The summed E-state index contributed by atoms with van der Waals surface area (Å²) < 4.78 is 8.62. The Morgan fingerprint density at radius 2 is 1.94 bits per heavy atom. The predicted octanol–water partition coefficient (Wildman–Crippen LogP) is 1.37.